The smallest absolute Gasteiger partial charge is 0.290 e. The molecule has 0 saturated carbocycles. The van der Waals surface area contributed by atoms with Gasteiger partial charge in [-0.25, -0.2) is 4.98 Å². The van der Waals surface area contributed by atoms with Gasteiger partial charge in [-0.05, 0) is 49.4 Å². The quantitative estimate of drug-likeness (QED) is 0.434. The van der Waals surface area contributed by atoms with Crippen LogP contribution in [0.25, 0.3) is 0 Å². The van der Waals surface area contributed by atoms with Crippen molar-refractivity contribution in [3.63, 3.8) is 0 Å². The molecule has 4 rings (SSSR count). The molecule has 0 radical (unpaired) electrons. The number of pyridine rings is 1. The Bertz CT molecular complexity index is 1170. The van der Waals surface area contributed by atoms with Crippen LogP contribution in [0.3, 0.4) is 0 Å². The fourth-order valence-corrected chi connectivity index (χ4v) is 5.02. The van der Waals surface area contributed by atoms with Gasteiger partial charge in [0.25, 0.3) is 5.91 Å². The number of aryl methyl sites for hydroxylation is 2. The van der Waals surface area contributed by atoms with Gasteiger partial charge in [0, 0.05) is 23.8 Å². The van der Waals surface area contributed by atoms with Gasteiger partial charge in [-0.1, -0.05) is 18.2 Å². The third-order valence-corrected chi connectivity index (χ3v) is 6.98. The van der Waals surface area contributed by atoms with Gasteiger partial charge in [-0.2, -0.15) is 0 Å². The lowest BCUT2D eigenvalue weighted by molar-refractivity contribution is -0.130. The molecule has 0 bridgehead atoms. The molecule has 0 fully saturated rings. The van der Waals surface area contributed by atoms with E-state index in [1.165, 1.54) is 16.2 Å². The maximum atomic E-state index is 13.5. The first-order chi connectivity index (χ1) is 14.9. The largest absolute Gasteiger partial charge is 0.503 e. The van der Waals surface area contributed by atoms with Crippen LogP contribution < -0.4 is 0 Å². The van der Waals surface area contributed by atoms with Crippen LogP contribution >= 0.6 is 23.1 Å². The first-order valence-electron chi connectivity index (χ1n) is 9.66. The predicted octanol–water partition coefficient (Wildman–Crippen LogP) is 4.66. The molecule has 3 heterocycles. The number of thioether (sulfide) groups is 1. The molecule has 1 amide bonds. The van der Waals surface area contributed by atoms with E-state index in [9.17, 15) is 14.7 Å². The fraction of sp³-hybridized carbons (Fsp3) is 0.217. The van der Waals surface area contributed by atoms with Gasteiger partial charge in [0.05, 0.1) is 27.2 Å². The van der Waals surface area contributed by atoms with Crippen LogP contribution in [0.15, 0.2) is 65.0 Å². The van der Waals surface area contributed by atoms with Crippen LogP contribution in [-0.4, -0.2) is 37.9 Å². The lowest BCUT2D eigenvalue weighted by Gasteiger charge is -2.27. The molecule has 1 atom stereocenters. The number of benzene rings is 1. The minimum absolute atomic E-state index is 0.0949. The van der Waals surface area contributed by atoms with Crippen molar-refractivity contribution >= 4 is 34.8 Å². The molecule has 1 aromatic carbocycles. The maximum absolute atomic E-state index is 13.5. The maximum Gasteiger partial charge on any atom is 0.290 e. The number of carbonyl (C=O) groups is 2. The highest BCUT2D eigenvalue weighted by molar-refractivity contribution is 7.98. The number of rotatable bonds is 6. The molecule has 1 aliphatic heterocycles. The second-order valence-electron chi connectivity index (χ2n) is 7.21. The number of amides is 1. The number of hydrogen-bond acceptors (Lipinski definition) is 7. The highest BCUT2D eigenvalue weighted by Crippen LogP contribution is 2.41. The van der Waals surface area contributed by atoms with E-state index >= 15 is 0 Å². The van der Waals surface area contributed by atoms with Crippen molar-refractivity contribution in [2.75, 3.05) is 6.26 Å². The zero-order valence-electron chi connectivity index (χ0n) is 17.3. The zero-order chi connectivity index (χ0) is 22.1. The summed E-state index contributed by atoms with van der Waals surface area (Å²) in [6.07, 6.45) is 5.32. The van der Waals surface area contributed by atoms with Gasteiger partial charge in [0.2, 0.25) is 5.78 Å². The van der Waals surface area contributed by atoms with Gasteiger partial charge in [-0.15, -0.1) is 23.1 Å². The molecular formula is C23H21N3O3S2. The second kappa shape index (κ2) is 8.64. The van der Waals surface area contributed by atoms with Crippen LogP contribution in [0, 0.1) is 13.8 Å². The van der Waals surface area contributed by atoms with Crippen molar-refractivity contribution in [1.82, 2.24) is 14.9 Å². The second-order valence-corrected chi connectivity index (χ2v) is 9.29. The third-order valence-electron chi connectivity index (χ3n) is 5.17. The zero-order valence-corrected chi connectivity index (χ0v) is 19.0. The monoisotopic (exact) mass is 451 g/mol. The van der Waals surface area contributed by atoms with E-state index in [0.29, 0.717) is 10.6 Å². The molecule has 3 aromatic rings. The van der Waals surface area contributed by atoms with E-state index in [2.05, 4.69) is 9.97 Å². The number of Topliss-reactive ketones (excluding diaryl/α,β-unsaturated/α-hetero) is 1. The lowest BCUT2D eigenvalue weighted by atomic mass is 9.95. The topological polar surface area (TPSA) is 83.4 Å². The summed E-state index contributed by atoms with van der Waals surface area (Å²) in [7, 11) is 0. The number of ketones is 1. The standard InChI is InChI=1S/C23H21N3O3S2/c1-13-22(31-14(2)25-13)20(27)18-19(16-6-8-17(30-3)9-7-16)26(23(29)21(18)28)12-15-5-4-10-24-11-15/h4-11,19,28H,12H2,1-3H3/t19-/m1/s1. The van der Waals surface area contributed by atoms with E-state index in [1.54, 1.807) is 37.1 Å². The van der Waals surface area contributed by atoms with Crippen LogP contribution in [0.2, 0.25) is 0 Å². The number of aliphatic hydroxyl groups is 1. The van der Waals surface area contributed by atoms with Crippen molar-refractivity contribution in [2.24, 2.45) is 0 Å². The lowest BCUT2D eigenvalue weighted by Crippen LogP contribution is -2.30. The molecule has 0 spiro atoms. The summed E-state index contributed by atoms with van der Waals surface area (Å²) in [6.45, 7) is 3.82. The number of hydrogen-bond donors (Lipinski definition) is 1. The van der Waals surface area contributed by atoms with E-state index in [1.807, 2.05) is 43.5 Å². The Morgan fingerprint density at radius 2 is 1.97 bits per heavy atom. The van der Waals surface area contributed by atoms with Gasteiger partial charge < -0.3 is 10.0 Å². The van der Waals surface area contributed by atoms with Crippen LogP contribution in [0.1, 0.15) is 37.5 Å². The van der Waals surface area contributed by atoms with Crippen molar-refractivity contribution in [1.29, 1.82) is 0 Å². The Morgan fingerprint density at radius 1 is 1.23 bits per heavy atom. The number of thiazole rings is 1. The highest BCUT2D eigenvalue weighted by atomic mass is 32.2. The summed E-state index contributed by atoms with van der Waals surface area (Å²) < 4.78 is 0. The normalized spacial score (nSPS) is 16.3. The Labute approximate surface area is 188 Å². The number of nitrogens with zero attached hydrogens (tertiary/aromatic N) is 3. The Hall–Kier alpha value is -2.97. The predicted molar refractivity (Wildman–Crippen MR) is 121 cm³/mol. The van der Waals surface area contributed by atoms with Gasteiger partial charge in [0.15, 0.2) is 5.76 Å². The van der Waals surface area contributed by atoms with E-state index < -0.39 is 17.7 Å². The van der Waals surface area contributed by atoms with E-state index in [0.717, 1.165) is 21.0 Å². The summed E-state index contributed by atoms with van der Waals surface area (Å²) in [5.41, 5.74) is 2.27. The molecule has 0 unspecified atom stereocenters. The van der Waals surface area contributed by atoms with Gasteiger partial charge in [-0.3, -0.25) is 14.6 Å². The molecule has 1 N–H and O–H groups in total. The average Bonchev–Trinajstić information content (AvgIpc) is 3.24. The number of aromatic nitrogens is 2. The Kier molecular flexibility index (Phi) is 5.93. The van der Waals surface area contributed by atoms with Crippen LogP contribution in [-0.2, 0) is 11.3 Å². The van der Waals surface area contributed by atoms with Crippen molar-refractivity contribution < 1.29 is 14.7 Å². The molecular weight excluding hydrogens is 430 g/mol. The van der Waals surface area contributed by atoms with Gasteiger partial charge >= 0.3 is 0 Å². The number of carbonyl (C=O) groups excluding carboxylic acids is 2. The highest BCUT2D eigenvalue weighted by Gasteiger charge is 2.44. The Balaban J connectivity index is 1.81. The van der Waals surface area contributed by atoms with E-state index in [-0.39, 0.29) is 17.9 Å². The summed E-state index contributed by atoms with van der Waals surface area (Å²) in [6, 6.07) is 10.7. The molecule has 2 aromatic heterocycles. The minimum Gasteiger partial charge on any atom is -0.503 e. The molecule has 31 heavy (non-hydrogen) atoms. The molecule has 1 aliphatic rings. The summed E-state index contributed by atoms with van der Waals surface area (Å²) in [5, 5.41) is 11.6. The molecule has 158 valence electrons. The minimum atomic E-state index is -0.696. The Morgan fingerprint density at radius 3 is 2.55 bits per heavy atom. The van der Waals surface area contributed by atoms with Crippen LogP contribution in [0.5, 0.6) is 0 Å². The third kappa shape index (κ3) is 4.00. The summed E-state index contributed by atoms with van der Waals surface area (Å²) in [5.74, 6) is -1.43. The van der Waals surface area contributed by atoms with Gasteiger partial charge in [0.1, 0.15) is 0 Å². The fourth-order valence-electron chi connectivity index (χ4n) is 3.73. The van der Waals surface area contributed by atoms with E-state index in [4.69, 9.17) is 0 Å². The first-order valence-corrected chi connectivity index (χ1v) is 11.7. The molecule has 8 heteroatoms. The summed E-state index contributed by atoms with van der Waals surface area (Å²) >= 11 is 2.88. The van der Waals surface area contributed by atoms with Crippen molar-refractivity contribution in [3.05, 3.63) is 86.8 Å². The van der Waals surface area contributed by atoms with Crippen molar-refractivity contribution in [3.8, 4) is 0 Å². The molecule has 0 saturated heterocycles. The molecule has 6 nitrogen and oxygen atoms in total. The molecule has 0 aliphatic carbocycles. The number of aliphatic hydroxyl groups excluding tert-OH is 1. The SMILES string of the molecule is CSc1ccc([C@@H]2C(C(=O)c3sc(C)nc3C)=C(O)C(=O)N2Cc2cccnc2)cc1. The average molecular weight is 452 g/mol. The van der Waals surface area contributed by atoms with Crippen LogP contribution in [0.4, 0.5) is 0 Å². The summed E-state index contributed by atoms with van der Waals surface area (Å²) in [4.78, 5) is 38.1. The first kappa shape index (κ1) is 21.3. The van der Waals surface area contributed by atoms with Crippen molar-refractivity contribution in [2.45, 2.75) is 31.3 Å².